The van der Waals surface area contributed by atoms with Gasteiger partial charge < -0.3 is 5.32 Å². The molecule has 7 heteroatoms. The largest absolute Gasteiger partial charge is 0.353 e. The van der Waals surface area contributed by atoms with Crippen molar-refractivity contribution in [2.45, 2.75) is 95.6 Å². The molecular formula is C21H31N3O2S2. The third kappa shape index (κ3) is 4.30. The van der Waals surface area contributed by atoms with Crippen LogP contribution in [0.5, 0.6) is 0 Å². The lowest BCUT2D eigenvalue weighted by molar-refractivity contribution is -0.120. The zero-order chi connectivity index (χ0) is 20.4. The topological polar surface area (TPSA) is 64.0 Å². The molecule has 154 valence electrons. The molecule has 1 amide bonds. The van der Waals surface area contributed by atoms with Crippen LogP contribution < -0.4 is 10.9 Å². The Labute approximate surface area is 175 Å². The van der Waals surface area contributed by atoms with Gasteiger partial charge >= 0.3 is 0 Å². The Morgan fingerprint density at radius 2 is 1.93 bits per heavy atom. The fourth-order valence-electron chi connectivity index (χ4n) is 3.64. The van der Waals surface area contributed by atoms with Crippen LogP contribution in [0.2, 0.25) is 0 Å². The first kappa shape index (κ1) is 21.4. The number of carbonyl (C=O) groups is 1. The number of hydrogen-bond acceptors (Lipinski definition) is 5. The average molecular weight is 422 g/mol. The standard InChI is InChI=1S/C21H31N3O2S2/c1-6-13(4)24-20(26)17-15-10-8-7-9-11-16(15)28-19(17)23-21(24)27-14(5)18(25)22-12(2)3/h12-14H,6-11H2,1-5H3,(H,22,25). The molecule has 0 aromatic carbocycles. The molecule has 3 rings (SSSR count). The Morgan fingerprint density at radius 1 is 1.21 bits per heavy atom. The van der Waals surface area contributed by atoms with Crippen LogP contribution in [0.15, 0.2) is 9.95 Å². The van der Waals surface area contributed by atoms with Crippen LogP contribution in [0.25, 0.3) is 10.2 Å². The summed E-state index contributed by atoms with van der Waals surface area (Å²) in [4.78, 5) is 33.0. The van der Waals surface area contributed by atoms with E-state index in [0.717, 1.165) is 35.9 Å². The minimum Gasteiger partial charge on any atom is -0.353 e. The quantitative estimate of drug-likeness (QED) is 0.417. The SMILES string of the molecule is CCC(C)n1c(SC(C)C(=O)NC(C)C)nc2sc3c(c2c1=O)CCCCC3. The minimum absolute atomic E-state index is 0.0213. The molecule has 0 saturated heterocycles. The van der Waals surface area contributed by atoms with Gasteiger partial charge in [0.2, 0.25) is 5.91 Å². The van der Waals surface area contributed by atoms with Crippen molar-refractivity contribution in [1.29, 1.82) is 0 Å². The summed E-state index contributed by atoms with van der Waals surface area (Å²) in [6, 6.07) is 0.143. The highest BCUT2D eigenvalue weighted by Crippen LogP contribution is 2.35. The fraction of sp³-hybridized carbons (Fsp3) is 0.667. The maximum atomic E-state index is 13.5. The molecular weight excluding hydrogens is 390 g/mol. The number of nitrogens with one attached hydrogen (secondary N) is 1. The van der Waals surface area contributed by atoms with Crippen molar-refractivity contribution in [3.05, 3.63) is 20.8 Å². The maximum absolute atomic E-state index is 13.5. The van der Waals surface area contributed by atoms with Gasteiger partial charge in [-0.05, 0) is 65.4 Å². The molecule has 0 radical (unpaired) electrons. The molecule has 2 heterocycles. The van der Waals surface area contributed by atoms with Crippen LogP contribution in [-0.4, -0.2) is 26.8 Å². The number of hydrogen-bond donors (Lipinski definition) is 1. The number of aryl methyl sites for hydroxylation is 2. The van der Waals surface area contributed by atoms with Gasteiger partial charge in [0.1, 0.15) is 4.83 Å². The molecule has 0 saturated carbocycles. The second kappa shape index (κ2) is 8.99. The lowest BCUT2D eigenvalue weighted by Crippen LogP contribution is -2.36. The number of aromatic nitrogens is 2. The first-order valence-electron chi connectivity index (χ1n) is 10.4. The maximum Gasteiger partial charge on any atom is 0.263 e. The highest BCUT2D eigenvalue weighted by molar-refractivity contribution is 8.00. The van der Waals surface area contributed by atoms with Crippen molar-refractivity contribution in [2.75, 3.05) is 0 Å². The highest BCUT2D eigenvalue weighted by Gasteiger charge is 2.25. The molecule has 0 fully saturated rings. The highest BCUT2D eigenvalue weighted by atomic mass is 32.2. The second-order valence-corrected chi connectivity index (χ2v) is 10.4. The van der Waals surface area contributed by atoms with Crippen LogP contribution in [0, 0.1) is 0 Å². The van der Waals surface area contributed by atoms with Gasteiger partial charge in [0.15, 0.2) is 5.16 Å². The predicted molar refractivity (Wildman–Crippen MR) is 119 cm³/mol. The van der Waals surface area contributed by atoms with Crippen LogP contribution in [0.4, 0.5) is 0 Å². The van der Waals surface area contributed by atoms with Crippen LogP contribution >= 0.6 is 23.1 Å². The molecule has 2 aromatic rings. The molecule has 2 atom stereocenters. The monoisotopic (exact) mass is 421 g/mol. The molecule has 1 aliphatic rings. The lowest BCUT2D eigenvalue weighted by atomic mass is 10.1. The van der Waals surface area contributed by atoms with Crippen molar-refractivity contribution < 1.29 is 4.79 Å². The van der Waals surface area contributed by atoms with E-state index in [-0.39, 0.29) is 28.8 Å². The van der Waals surface area contributed by atoms with Crippen molar-refractivity contribution in [3.63, 3.8) is 0 Å². The Balaban J connectivity index is 2.09. The normalized spacial score (nSPS) is 16.6. The smallest absolute Gasteiger partial charge is 0.263 e. The molecule has 2 aromatic heterocycles. The molecule has 28 heavy (non-hydrogen) atoms. The number of thiophene rings is 1. The van der Waals surface area contributed by atoms with Gasteiger partial charge in [-0.3, -0.25) is 14.2 Å². The Kier molecular flexibility index (Phi) is 6.86. The zero-order valence-electron chi connectivity index (χ0n) is 17.5. The summed E-state index contributed by atoms with van der Waals surface area (Å²) in [5, 5.41) is 4.13. The van der Waals surface area contributed by atoms with Crippen molar-refractivity contribution >= 4 is 39.2 Å². The van der Waals surface area contributed by atoms with E-state index in [2.05, 4.69) is 19.2 Å². The molecule has 2 unspecified atom stereocenters. The van der Waals surface area contributed by atoms with E-state index in [4.69, 9.17) is 4.98 Å². The van der Waals surface area contributed by atoms with Crippen molar-refractivity contribution in [3.8, 4) is 0 Å². The zero-order valence-corrected chi connectivity index (χ0v) is 19.1. The van der Waals surface area contributed by atoms with Crippen LogP contribution in [0.1, 0.15) is 76.8 Å². The van der Waals surface area contributed by atoms with Gasteiger partial charge in [0.05, 0.1) is 10.6 Å². The Bertz CT molecular complexity index is 916. The van der Waals surface area contributed by atoms with Gasteiger partial charge in [-0.2, -0.15) is 0 Å². The first-order chi connectivity index (χ1) is 13.3. The van der Waals surface area contributed by atoms with Crippen molar-refractivity contribution in [1.82, 2.24) is 14.9 Å². The molecule has 0 aliphatic heterocycles. The van der Waals surface area contributed by atoms with Gasteiger partial charge in [-0.25, -0.2) is 4.98 Å². The van der Waals surface area contributed by atoms with E-state index < -0.39 is 0 Å². The summed E-state index contributed by atoms with van der Waals surface area (Å²) in [6.07, 6.45) is 6.44. The molecule has 1 aliphatic carbocycles. The summed E-state index contributed by atoms with van der Waals surface area (Å²) >= 11 is 3.07. The van der Waals surface area contributed by atoms with E-state index in [1.807, 2.05) is 25.3 Å². The first-order valence-corrected chi connectivity index (χ1v) is 12.1. The number of fused-ring (bicyclic) bond motifs is 3. The fourth-order valence-corrected chi connectivity index (χ4v) is 5.96. The molecule has 5 nitrogen and oxygen atoms in total. The Morgan fingerprint density at radius 3 is 2.61 bits per heavy atom. The summed E-state index contributed by atoms with van der Waals surface area (Å²) in [5.41, 5.74) is 1.30. The molecule has 0 spiro atoms. The number of amides is 1. The average Bonchev–Trinajstić information content (AvgIpc) is 2.82. The van der Waals surface area contributed by atoms with E-state index >= 15 is 0 Å². The number of carbonyl (C=O) groups excluding carboxylic acids is 1. The van der Waals surface area contributed by atoms with Gasteiger partial charge in [0.25, 0.3) is 5.56 Å². The molecule has 1 N–H and O–H groups in total. The predicted octanol–water partition coefficient (Wildman–Crippen LogP) is 4.70. The van der Waals surface area contributed by atoms with E-state index in [1.54, 1.807) is 11.3 Å². The second-order valence-electron chi connectivity index (χ2n) is 7.99. The Hall–Kier alpha value is -1.34. The van der Waals surface area contributed by atoms with Gasteiger partial charge in [-0.15, -0.1) is 11.3 Å². The third-order valence-electron chi connectivity index (χ3n) is 5.35. The summed E-state index contributed by atoms with van der Waals surface area (Å²) in [6.45, 7) is 9.92. The summed E-state index contributed by atoms with van der Waals surface area (Å²) < 4.78 is 1.82. The minimum atomic E-state index is -0.306. The van der Waals surface area contributed by atoms with Gasteiger partial charge in [0, 0.05) is 17.0 Å². The number of thioether (sulfide) groups is 1. The lowest BCUT2D eigenvalue weighted by Gasteiger charge is -2.20. The van der Waals surface area contributed by atoms with E-state index in [1.165, 1.54) is 35.0 Å². The summed E-state index contributed by atoms with van der Waals surface area (Å²) in [5.74, 6) is -0.0213. The summed E-state index contributed by atoms with van der Waals surface area (Å²) in [7, 11) is 0. The third-order valence-corrected chi connectivity index (χ3v) is 7.60. The van der Waals surface area contributed by atoms with Crippen molar-refractivity contribution in [2.24, 2.45) is 0 Å². The van der Waals surface area contributed by atoms with E-state index in [9.17, 15) is 9.59 Å². The van der Waals surface area contributed by atoms with E-state index in [0.29, 0.717) is 5.16 Å². The van der Waals surface area contributed by atoms with Crippen LogP contribution in [0.3, 0.4) is 0 Å². The van der Waals surface area contributed by atoms with Gasteiger partial charge in [-0.1, -0.05) is 25.1 Å². The van der Waals surface area contributed by atoms with Crippen LogP contribution in [-0.2, 0) is 17.6 Å². The number of rotatable bonds is 6. The number of nitrogens with zero attached hydrogens (tertiary/aromatic N) is 2. The molecule has 0 bridgehead atoms.